The normalized spacial score (nSPS) is 9.95. The molecular weight excluding hydrogens is 272 g/mol. The zero-order chi connectivity index (χ0) is 14.4. The number of imidazole rings is 1. The van der Waals surface area contributed by atoms with E-state index in [1.807, 2.05) is 36.0 Å². The Morgan fingerprint density at radius 2 is 2.30 bits per heavy atom. The lowest BCUT2D eigenvalue weighted by molar-refractivity contribution is 0.350. The molecule has 0 atom stereocenters. The van der Waals surface area contributed by atoms with Gasteiger partial charge in [-0.3, -0.25) is 0 Å². The Labute approximate surface area is 122 Å². The second-order valence-electron chi connectivity index (χ2n) is 4.10. The SMILES string of the molecule is COc1ccc(C#CCO)cc1CSc1nccn1C. The van der Waals surface area contributed by atoms with Crippen LogP contribution in [0.2, 0.25) is 0 Å². The van der Waals surface area contributed by atoms with Crippen LogP contribution < -0.4 is 4.74 Å². The molecule has 0 unspecified atom stereocenters. The largest absolute Gasteiger partial charge is 0.496 e. The molecule has 2 rings (SSSR count). The van der Waals surface area contributed by atoms with Crippen LogP contribution in [0.15, 0.2) is 35.7 Å². The highest BCUT2D eigenvalue weighted by molar-refractivity contribution is 7.98. The van der Waals surface area contributed by atoms with Gasteiger partial charge in [-0.25, -0.2) is 4.98 Å². The number of rotatable bonds is 4. The Bertz CT molecular complexity index is 641. The number of hydrogen-bond donors (Lipinski definition) is 1. The van der Waals surface area contributed by atoms with E-state index in [9.17, 15) is 0 Å². The molecule has 5 heteroatoms. The van der Waals surface area contributed by atoms with Gasteiger partial charge in [0.15, 0.2) is 5.16 Å². The van der Waals surface area contributed by atoms with Crippen LogP contribution in [0.4, 0.5) is 0 Å². The summed E-state index contributed by atoms with van der Waals surface area (Å²) in [4.78, 5) is 4.28. The van der Waals surface area contributed by atoms with Gasteiger partial charge in [-0.1, -0.05) is 23.6 Å². The van der Waals surface area contributed by atoms with Crippen molar-refractivity contribution in [3.8, 4) is 17.6 Å². The van der Waals surface area contributed by atoms with Gasteiger partial charge < -0.3 is 14.4 Å². The average molecular weight is 288 g/mol. The molecule has 1 heterocycles. The van der Waals surface area contributed by atoms with Crippen LogP contribution in [0, 0.1) is 11.8 Å². The van der Waals surface area contributed by atoms with Gasteiger partial charge in [-0.05, 0) is 18.2 Å². The highest BCUT2D eigenvalue weighted by atomic mass is 32.2. The lowest BCUT2D eigenvalue weighted by Gasteiger charge is -2.08. The fraction of sp³-hybridized carbons (Fsp3) is 0.267. The standard InChI is InChI=1S/C15H16N2O2S/c1-17-8-7-16-15(17)20-11-13-10-12(4-3-9-18)5-6-14(13)19-2/h5-8,10,18H,9,11H2,1-2H3. The molecule has 1 aromatic carbocycles. The van der Waals surface area contributed by atoms with Crippen LogP contribution in [0.5, 0.6) is 5.75 Å². The summed E-state index contributed by atoms with van der Waals surface area (Å²) in [6, 6.07) is 5.77. The second-order valence-corrected chi connectivity index (χ2v) is 5.04. The number of aliphatic hydroxyl groups excluding tert-OH is 1. The number of aromatic nitrogens is 2. The van der Waals surface area contributed by atoms with Crippen LogP contribution in [0.25, 0.3) is 0 Å². The van der Waals surface area contributed by atoms with Crippen molar-refractivity contribution in [3.63, 3.8) is 0 Å². The summed E-state index contributed by atoms with van der Waals surface area (Å²) in [5.41, 5.74) is 1.93. The minimum atomic E-state index is -0.136. The number of hydrogen-bond acceptors (Lipinski definition) is 4. The maximum atomic E-state index is 8.74. The average Bonchev–Trinajstić information content (AvgIpc) is 2.88. The Morgan fingerprint density at radius 3 is 2.95 bits per heavy atom. The molecule has 0 amide bonds. The third-order valence-corrected chi connectivity index (χ3v) is 3.83. The number of benzene rings is 1. The van der Waals surface area contributed by atoms with Crippen LogP contribution in [-0.4, -0.2) is 28.4 Å². The third-order valence-electron chi connectivity index (χ3n) is 2.73. The molecule has 0 radical (unpaired) electrons. The van der Waals surface area contributed by atoms with Crippen molar-refractivity contribution in [1.82, 2.24) is 9.55 Å². The number of ether oxygens (including phenoxy) is 1. The summed E-state index contributed by atoms with van der Waals surface area (Å²) >= 11 is 1.64. The number of methoxy groups -OCH3 is 1. The van der Waals surface area contributed by atoms with Gasteiger partial charge in [0.2, 0.25) is 0 Å². The molecule has 0 aliphatic carbocycles. The van der Waals surface area contributed by atoms with Crippen molar-refractivity contribution < 1.29 is 9.84 Å². The van der Waals surface area contributed by atoms with E-state index in [4.69, 9.17) is 9.84 Å². The predicted molar refractivity (Wildman–Crippen MR) is 79.7 cm³/mol. The Morgan fingerprint density at radius 1 is 1.45 bits per heavy atom. The van der Waals surface area contributed by atoms with E-state index in [-0.39, 0.29) is 6.61 Å². The summed E-state index contributed by atoms with van der Waals surface area (Å²) in [6.45, 7) is -0.136. The first-order valence-electron chi connectivity index (χ1n) is 6.11. The summed E-state index contributed by atoms with van der Waals surface area (Å²) in [5, 5.41) is 9.70. The Balaban J connectivity index is 2.18. The minimum Gasteiger partial charge on any atom is -0.496 e. The van der Waals surface area contributed by atoms with Crippen molar-refractivity contribution in [2.45, 2.75) is 10.9 Å². The monoisotopic (exact) mass is 288 g/mol. The van der Waals surface area contributed by atoms with E-state index in [1.165, 1.54) is 0 Å². The smallest absolute Gasteiger partial charge is 0.167 e. The van der Waals surface area contributed by atoms with Gasteiger partial charge in [0.05, 0.1) is 7.11 Å². The van der Waals surface area contributed by atoms with Crippen molar-refractivity contribution in [1.29, 1.82) is 0 Å². The molecule has 0 aliphatic heterocycles. The number of thioether (sulfide) groups is 1. The van der Waals surface area contributed by atoms with Gasteiger partial charge in [-0.15, -0.1) is 0 Å². The van der Waals surface area contributed by atoms with Crippen molar-refractivity contribution in [2.75, 3.05) is 13.7 Å². The molecule has 1 aromatic heterocycles. The number of aliphatic hydroxyl groups is 1. The van der Waals surface area contributed by atoms with Crippen LogP contribution in [-0.2, 0) is 12.8 Å². The zero-order valence-corrected chi connectivity index (χ0v) is 12.3. The van der Waals surface area contributed by atoms with Crippen molar-refractivity contribution in [2.24, 2.45) is 7.05 Å². The zero-order valence-electron chi connectivity index (χ0n) is 11.5. The number of nitrogens with zero attached hydrogens (tertiary/aromatic N) is 2. The summed E-state index contributed by atoms with van der Waals surface area (Å²) < 4.78 is 7.35. The number of aryl methyl sites for hydroxylation is 1. The summed E-state index contributed by atoms with van der Waals surface area (Å²) in [7, 11) is 3.62. The molecule has 2 aromatic rings. The van der Waals surface area contributed by atoms with E-state index in [2.05, 4.69) is 16.8 Å². The molecule has 0 fully saturated rings. The fourth-order valence-electron chi connectivity index (χ4n) is 1.74. The molecule has 1 N–H and O–H groups in total. The van der Waals surface area contributed by atoms with Gasteiger partial charge >= 0.3 is 0 Å². The quantitative estimate of drug-likeness (QED) is 0.691. The maximum absolute atomic E-state index is 8.74. The Hall–Kier alpha value is -1.90. The molecular formula is C15H16N2O2S. The molecule has 20 heavy (non-hydrogen) atoms. The van der Waals surface area contributed by atoms with E-state index < -0.39 is 0 Å². The van der Waals surface area contributed by atoms with Crippen molar-refractivity contribution >= 4 is 11.8 Å². The first kappa shape index (κ1) is 14.5. The first-order chi connectivity index (χ1) is 9.74. The van der Waals surface area contributed by atoms with E-state index in [0.29, 0.717) is 0 Å². The predicted octanol–water partition coefficient (Wildman–Crippen LogP) is 2.06. The van der Waals surface area contributed by atoms with E-state index in [1.54, 1.807) is 25.1 Å². The van der Waals surface area contributed by atoms with Gasteiger partial charge in [0.1, 0.15) is 12.4 Å². The fourth-order valence-corrected chi connectivity index (χ4v) is 2.65. The van der Waals surface area contributed by atoms with Gasteiger partial charge in [-0.2, -0.15) is 0 Å². The molecule has 104 valence electrons. The minimum absolute atomic E-state index is 0.136. The highest BCUT2D eigenvalue weighted by Gasteiger charge is 2.07. The lowest BCUT2D eigenvalue weighted by Crippen LogP contribution is -1.94. The van der Waals surface area contributed by atoms with E-state index in [0.717, 1.165) is 27.8 Å². The van der Waals surface area contributed by atoms with Gasteiger partial charge in [0, 0.05) is 36.3 Å². The summed E-state index contributed by atoms with van der Waals surface area (Å²) in [5.74, 6) is 7.14. The molecule has 0 saturated heterocycles. The first-order valence-corrected chi connectivity index (χ1v) is 7.10. The van der Waals surface area contributed by atoms with Gasteiger partial charge in [0.25, 0.3) is 0 Å². The van der Waals surface area contributed by atoms with Crippen LogP contribution >= 0.6 is 11.8 Å². The van der Waals surface area contributed by atoms with Crippen LogP contribution in [0.3, 0.4) is 0 Å². The van der Waals surface area contributed by atoms with Crippen LogP contribution in [0.1, 0.15) is 11.1 Å². The van der Waals surface area contributed by atoms with Crippen molar-refractivity contribution in [3.05, 3.63) is 41.7 Å². The topological polar surface area (TPSA) is 47.3 Å². The lowest BCUT2D eigenvalue weighted by atomic mass is 10.1. The Kier molecular flexibility index (Phi) is 5.10. The molecule has 4 nitrogen and oxygen atoms in total. The maximum Gasteiger partial charge on any atom is 0.167 e. The molecule has 0 aliphatic rings. The molecule has 0 saturated carbocycles. The van der Waals surface area contributed by atoms with E-state index >= 15 is 0 Å². The highest BCUT2D eigenvalue weighted by Crippen LogP contribution is 2.27. The summed E-state index contributed by atoms with van der Waals surface area (Å²) in [6.07, 6.45) is 3.70. The molecule has 0 spiro atoms. The second kappa shape index (κ2) is 7.04. The molecule has 0 bridgehead atoms. The third kappa shape index (κ3) is 3.56.